The number of amides is 1. The van der Waals surface area contributed by atoms with Gasteiger partial charge in [0, 0.05) is 24.1 Å². The summed E-state index contributed by atoms with van der Waals surface area (Å²) in [4.78, 5) is 14.8. The number of likely N-dealkylation sites (tertiary alicyclic amines) is 1. The summed E-state index contributed by atoms with van der Waals surface area (Å²) in [6.45, 7) is 4.83. The quantitative estimate of drug-likeness (QED) is 0.896. The molecular formula is C20H24N2O3S. The molecule has 2 aromatic rings. The zero-order valence-corrected chi connectivity index (χ0v) is 15.9. The molecule has 0 bridgehead atoms. The van der Waals surface area contributed by atoms with Gasteiger partial charge >= 0.3 is 0 Å². The second-order valence-corrected chi connectivity index (χ2v) is 8.77. The molecule has 26 heavy (non-hydrogen) atoms. The SMILES string of the molecule is Cc1ccc([C@H]2C[C@H](C)N(C(=O)c3ccc(CS(N)(=O)=O)cc3)C2)cc1. The molecular weight excluding hydrogens is 348 g/mol. The van der Waals surface area contributed by atoms with Crippen molar-refractivity contribution in [1.82, 2.24) is 4.90 Å². The first kappa shape index (κ1) is 18.6. The molecule has 0 radical (unpaired) electrons. The topological polar surface area (TPSA) is 80.5 Å². The molecule has 2 N–H and O–H groups in total. The molecule has 1 amide bonds. The Kier molecular flexibility index (Phi) is 5.16. The van der Waals surface area contributed by atoms with E-state index in [1.165, 1.54) is 11.1 Å². The molecule has 2 atom stereocenters. The summed E-state index contributed by atoms with van der Waals surface area (Å²) < 4.78 is 22.3. The lowest BCUT2D eigenvalue weighted by Crippen LogP contribution is -2.33. The second-order valence-electron chi connectivity index (χ2n) is 7.15. The molecule has 1 saturated heterocycles. The van der Waals surface area contributed by atoms with Crippen LogP contribution in [0.2, 0.25) is 0 Å². The minimum Gasteiger partial charge on any atom is -0.335 e. The van der Waals surface area contributed by atoms with E-state index in [0.717, 1.165) is 6.42 Å². The number of nitrogens with zero attached hydrogens (tertiary/aromatic N) is 1. The van der Waals surface area contributed by atoms with Gasteiger partial charge in [-0.05, 0) is 43.5 Å². The van der Waals surface area contributed by atoms with Crippen molar-refractivity contribution >= 4 is 15.9 Å². The molecule has 0 aliphatic carbocycles. The fourth-order valence-electron chi connectivity index (χ4n) is 3.54. The number of nitrogens with two attached hydrogens (primary N) is 1. The minimum absolute atomic E-state index is 0.0192. The zero-order chi connectivity index (χ0) is 18.9. The van der Waals surface area contributed by atoms with E-state index in [9.17, 15) is 13.2 Å². The first-order valence-electron chi connectivity index (χ1n) is 8.70. The summed E-state index contributed by atoms with van der Waals surface area (Å²) in [6.07, 6.45) is 0.943. The van der Waals surface area contributed by atoms with Crippen LogP contribution < -0.4 is 5.14 Å². The van der Waals surface area contributed by atoms with Crippen molar-refractivity contribution in [1.29, 1.82) is 0 Å². The second kappa shape index (κ2) is 7.21. The van der Waals surface area contributed by atoms with Crippen LogP contribution in [0.25, 0.3) is 0 Å². The molecule has 1 aliphatic heterocycles. The molecule has 1 fully saturated rings. The minimum atomic E-state index is -3.57. The van der Waals surface area contributed by atoms with Crippen LogP contribution in [-0.2, 0) is 15.8 Å². The van der Waals surface area contributed by atoms with Crippen molar-refractivity contribution in [2.75, 3.05) is 6.54 Å². The Morgan fingerprint density at radius 3 is 2.31 bits per heavy atom. The van der Waals surface area contributed by atoms with Gasteiger partial charge in [0.05, 0.1) is 5.75 Å². The van der Waals surface area contributed by atoms with Gasteiger partial charge in [-0.25, -0.2) is 13.6 Å². The smallest absolute Gasteiger partial charge is 0.254 e. The molecule has 1 heterocycles. The van der Waals surface area contributed by atoms with Gasteiger partial charge in [-0.3, -0.25) is 4.79 Å². The van der Waals surface area contributed by atoms with E-state index in [1.807, 2.05) is 4.90 Å². The van der Waals surface area contributed by atoms with E-state index >= 15 is 0 Å². The summed E-state index contributed by atoms with van der Waals surface area (Å²) in [7, 11) is -3.57. The van der Waals surface area contributed by atoms with Crippen LogP contribution in [0.1, 0.15) is 46.3 Å². The van der Waals surface area contributed by atoms with Crippen molar-refractivity contribution in [3.63, 3.8) is 0 Å². The van der Waals surface area contributed by atoms with E-state index < -0.39 is 10.0 Å². The summed E-state index contributed by atoms with van der Waals surface area (Å²) in [5.74, 6) is 0.0994. The van der Waals surface area contributed by atoms with E-state index in [4.69, 9.17) is 5.14 Å². The van der Waals surface area contributed by atoms with Gasteiger partial charge in [0.25, 0.3) is 5.91 Å². The Bertz CT molecular complexity index is 890. The van der Waals surface area contributed by atoms with Crippen molar-refractivity contribution in [3.8, 4) is 0 Å². The normalized spacial score (nSPS) is 20.3. The summed E-state index contributed by atoms with van der Waals surface area (Å²) in [5, 5.41) is 5.06. The maximum Gasteiger partial charge on any atom is 0.254 e. The van der Waals surface area contributed by atoms with Crippen LogP contribution in [-0.4, -0.2) is 31.8 Å². The molecule has 2 aromatic carbocycles. The third-order valence-electron chi connectivity index (χ3n) is 4.95. The number of benzene rings is 2. The van der Waals surface area contributed by atoms with Crippen molar-refractivity contribution in [2.24, 2.45) is 5.14 Å². The molecule has 3 rings (SSSR count). The van der Waals surface area contributed by atoms with Gasteiger partial charge in [0.2, 0.25) is 10.0 Å². The van der Waals surface area contributed by atoms with E-state index in [1.54, 1.807) is 24.3 Å². The Balaban J connectivity index is 1.72. The van der Waals surface area contributed by atoms with Crippen molar-refractivity contribution < 1.29 is 13.2 Å². The van der Waals surface area contributed by atoms with Crippen LogP contribution >= 0.6 is 0 Å². The van der Waals surface area contributed by atoms with Crippen LogP contribution in [0.15, 0.2) is 48.5 Å². The summed E-state index contributed by atoms with van der Waals surface area (Å²) >= 11 is 0. The fraction of sp³-hybridized carbons (Fsp3) is 0.350. The van der Waals surface area contributed by atoms with Gasteiger partial charge in [-0.2, -0.15) is 0 Å². The first-order valence-corrected chi connectivity index (χ1v) is 10.4. The Labute approximate surface area is 154 Å². The predicted octanol–water partition coefficient (Wildman–Crippen LogP) is 2.80. The number of carbonyl (C=O) groups is 1. The Hall–Kier alpha value is -2.18. The predicted molar refractivity (Wildman–Crippen MR) is 102 cm³/mol. The third kappa shape index (κ3) is 4.31. The monoisotopic (exact) mass is 372 g/mol. The number of hydrogen-bond acceptors (Lipinski definition) is 3. The molecule has 5 nitrogen and oxygen atoms in total. The van der Waals surface area contributed by atoms with Gasteiger partial charge < -0.3 is 4.90 Å². The largest absolute Gasteiger partial charge is 0.335 e. The molecule has 0 unspecified atom stereocenters. The fourth-order valence-corrected chi connectivity index (χ4v) is 4.19. The highest BCUT2D eigenvalue weighted by Crippen LogP contribution is 2.32. The zero-order valence-electron chi connectivity index (χ0n) is 15.1. The number of primary sulfonamides is 1. The van der Waals surface area contributed by atoms with Gasteiger partial charge in [0.1, 0.15) is 0 Å². The van der Waals surface area contributed by atoms with Gasteiger partial charge in [0.15, 0.2) is 0 Å². The first-order chi connectivity index (χ1) is 12.2. The Morgan fingerprint density at radius 1 is 1.12 bits per heavy atom. The highest BCUT2D eigenvalue weighted by atomic mass is 32.2. The average molecular weight is 372 g/mol. The number of sulfonamides is 1. The van der Waals surface area contributed by atoms with Gasteiger partial charge in [-0.1, -0.05) is 42.0 Å². The van der Waals surface area contributed by atoms with E-state index in [0.29, 0.717) is 23.6 Å². The molecule has 1 aliphatic rings. The summed E-state index contributed by atoms with van der Waals surface area (Å²) in [6, 6.07) is 15.3. The molecule has 0 saturated carbocycles. The van der Waals surface area contributed by atoms with Crippen LogP contribution in [0.3, 0.4) is 0 Å². The Morgan fingerprint density at radius 2 is 1.73 bits per heavy atom. The number of rotatable bonds is 4. The average Bonchev–Trinajstić information content (AvgIpc) is 2.96. The number of carbonyl (C=O) groups excluding carboxylic acids is 1. The highest BCUT2D eigenvalue weighted by molar-refractivity contribution is 7.88. The van der Waals surface area contributed by atoms with Crippen LogP contribution in [0.5, 0.6) is 0 Å². The van der Waals surface area contributed by atoms with Crippen molar-refractivity contribution in [3.05, 3.63) is 70.8 Å². The van der Waals surface area contributed by atoms with E-state index in [-0.39, 0.29) is 17.7 Å². The third-order valence-corrected chi connectivity index (χ3v) is 5.69. The standard InChI is InChI=1S/C20H24N2O3S/c1-14-3-7-17(8-4-14)19-11-15(2)22(12-19)20(23)18-9-5-16(6-10-18)13-26(21,24)25/h3-10,15,19H,11-13H2,1-2H3,(H2,21,24,25)/t15-,19-/m0/s1. The maximum atomic E-state index is 12.9. The molecule has 0 aromatic heterocycles. The lowest BCUT2D eigenvalue weighted by atomic mass is 9.96. The maximum absolute atomic E-state index is 12.9. The van der Waals surface area contributed by atoms with Crippen LogP contribution in [0.4, 0.5) is 0 Å². The van der Waals surface area contributed by atoms with Gasteiger partial charge in [-0.15, -0.1) is 0 Å². The molecule has 0 spiro atoms. The van der Waals surface area contributed by atoms with Crippen LogP contribution in [0, 0.1) is 6.92 Å². The summed E-state index contributed by atoms with van der Waals surface area (Å²) in [5.41, 5.74) is 3.64. The van der Waals surface area contributed by atoms with E-state index in [2.05, 4.69) is 38.1 Å². The number of aryl methyl sites for hydroxylation is 1. The molecule has 6 heteroatoms. The lowest BCUT2D eigenvalue weighted by molar-refractivity contribution is 0.0746. The van der Waals surface area contributed by atoms with Crippen molar-refractivity contribution in [2.45, 2.75) is 38.0 Å². The molecule has 138 valence electrons. The highest BCUT2D eigenvalue weighted by Gasteiger charge is 2.33. The lowest BCUT2D eigenvalue weighted by Gasteiger charge is -2.21. The number of hydrogen-bond donors (Lipinski definition) is 1.